The molecule has 3 amide bonds. The molecule has 2 N–H and O–H groups in total. The molecule has 1 aromatic heterocycles. The van der Waals surface area contributed by atoms with E-state index < -0.39 is 0 Å². The van der Waals surface area contributed by atoms with Gasteiger partial charge in [0.15, 0.2) is 0 Å². The Morgan fingerprint density at radius 2 is 2.07 bits per heavy atom. The minimum atomic E-state index is -0.0578. The number of fused-ring (bicyclic) bond motifs is 1. The summed E-state index contributed by atoms with van der Waals surface area (Å²) < 4.78 is 1.82. The SMILES string of the molecule is C=[N+]1CC1C(=O)N1CCC[C@@H](N(C(=O)NCc2cc3cc(C)ccc3[nH]2)C2CC2)C1. The van der Waals surface area contributed by atoms with Crippen molar-refractivity contribution in [2.75, 3.05) is 19.6 Å². The highest BCUT2D eigenvalue weighted by Crippen LogP contribution is 2.32. The average molecular weight is 409 g/mol. The number of nitrogens with zero attached hydrogens (tertiary/aromatic N) is 3. The molecule has 3 aliphatic rings. The van der Waals surface area contributed by atoms with Gasteiger partial charge in [0.25, 0.3) is 11.9 Å². The summed E-state index contributed by atoms with van der Waals surface area (Å²) in [7, 11) is 0. The lowest BCUT2D eigenvalue weighted by molar-refractivity contribution is -0.344. The minimum Gasteiger partial charge on any atom is -0.357 e. The molecule has 7 nitrogen and oxygen atoms in total. The van der Waals surface area contributed by atoms with Crippen LogP contribution < -0.4 is 5.32 Å². The van der Waals surface area contributed by atoms with Crippen molar-refractivity contribution in [2.24, 2.45) is 0 Å². The van der Waals surface area contributed by atoms with E-state index in [-0.39, 0.29) is 24.0 Å². The molecular formula is C23H30N5O2+. The van der Waals surface area contributed by atoms with E-state index in [1.165, 1.54) is 10.9 Å². The molecule has 30 heavy (non-hydrogen) atoms. The smallest absolute Gasteiger partial charge is 0.318 e. The number of hydrogen-bond donors (Lipinski definition) is 2. The van der Waals surface area contributed by atoms with Gasteiger partial charge in [0, 0.05) is 30.3 Å². The van der Waals surface area contributed by atoms with Crippen molar-refractivity contribution in [1.82, 2.24) is 20.1 Å². The second kappa shape index (κ2) is 7.45. The zero-order valence-corrected chi connectivity index (χ0v) is 17.6. The van der Waals surface area contributed by atoms with Gasteiger partial charge in [-0.2, -0.15) is 0 Å². The number of urea groups is 1. The first-order valence-corrected chi connectivity index (χ1v) is 11.0. The van der Waals surface area contributed by atoms with Crippen LogP contribution in [0, 0.1) is 6.92 Å². The van der Waals surface area contributed by atoms with Gasteiger partial charge in [-0.05, 0) is 56.2 Å². The second-order valence-corrected chi connectivity index (χ2v) is 9.05. The van der Waals surface area contributed by atoms with Crippen molar-refractivity contribution in [3.8, 4) is 0 Å². The zero-order chi connectivity index (χ0) is 20.8. The lowest BCUT2D eigenvalue weighted by atomic mass is 10.0. The summed E-state index contributed by atoms with van der Waals surface area (Å²) in [6, 6.07) is 8.74. The summed E-state index contributed by atoms with van der Waals surface area (Å²) in [6.07, 6.45) is 4.01. The number of carbonyl (C=O) groups is 2. The van der Waals surface area contributed by atoms with E-state index >= 15 is 0 Å². The van der Waals surface area contributed by atoms with E-state index in [0.717, 1.165) is 50.0 Å². The highest BCUT2D eigenvalue weighted by Gasteiger charge is 2.49. The molecule has 3 fully saturated rings. The predicted molar refractivity (Wildman–Crippen MR) is 116 cm³/mol. The van der Waals surface area contributed by atoms with Crippen LogP contribution in [0.25, 0.3) is 10.9 Å². The van der Waals surface area contributed by atoms with E-state index in [1.807, 2.05) is 14.4 Å². The van der Waals surface area contributed by atoms with Crippen LogP contribution in [0.5, 0.6) is 0 Å². The summed E-state index contributed by atoms with van der Waals surface area (Å²) in [5.74, 6) is 0.166. The molecule has 2 aliphatic heterocycles. The maximum Gasteiger partial charge on any atom is 0.318 e. The third kappa shape index (κ3) is 3.80. The Morgan fingerprint density at radius 3 is 2.80 bits per heavy atom. The number of aromatic nitrogens is 1. The first-order valence-electron chi connectivity index (χ1n) is 11.0. The van der Waals surface area contributed by atoms with Gasteiger partial charge in [-0.3, -0.25) is 4.79 Å². The summed E-state index contributed by atoms with van der Waals surface area (Å²) in [5, 5.41) is 4.28. The van der Waals surface area contributed by atoms with Crippen molar-refractivity contribution < 1.29 is 14.2 Å². The molecule has 0 spiro atoms. The van der Waals surface area contributed by atoms with Crippen LogP contribution in [-0.2, 0) is 11.3 Å². The van der Waals surface area contributed by atoms with Crippen LogP contribution in [0.4, 0.5) is 4.79 Å². The van der Waals surface area contributed by atoms with Crippen LogP contribution >= 0.6 is 0 Å². The molecule has 2 saturated heterocycles. The van der Waals surface area contributed by atoms with E-state index in [2.05, 4.69) is 48.2 Å². The summed E-state index contributed by atoms with van der Waals surface area (Å²) in [5.41, 5.74) is 3.32. The van der Waals surface area contributed by atoms with Crippen molar-refractivity contribution in [1.29, 1.82) is 0 Å². The van der Waals surface area contributed by atoms with Crippen LogP contribution in [0.3, 0.4) is 0 Å². The number of amides is 3. The zero-order valence-electron chi connectivity index (χ0n) is 17.6. The van der Waals surface area contributed by atoms with Crippen molar-refractivity contribution in [2.45, 2.75) is 57.3 Å². The van der Waals surface area contributed by atoms with Gasteiger partial charge in [-0.15, -0.1) is 0 Å². The second-order valence-electron chi connectivity index (χ2n) is 9.05. The van der Waals surface area contributed by atoms with Crippen LogP contribution in [0.15, 0.2) is 24.3 Å². The summed E-state index contributed by atoms with van der Waals surface area (Å²) in [6.45, 7) is 8.58. The fourth-order valence-corrected chi connectivity index (χ4v) is 4.65. The first kappa shape index (κ1) is 19.2. The number of hydrogen-bond acceptors (Lipinski definition) is 2. The number of H-pyrrole nitrogens is 1. The van der Waals surface area contributed by atoms with Crippen LogP contribution in [-0.4, -0.2) is 75.8 Å². The maximum atomic E-state index is 13.1. The third-order valence-corrected chi connectivity index (χ3v) is 6.54. The highest BCUT2D eigenvalue weighted by molar-refractivity contribution is 5.83. The van der Waals surface area contributed by atoms with Gasteiger partial charge in [-0.25, -0.2) is 9.37 Å². The highest BCUT2D eigenvalue weighted by atomic mass is 16.2. The summed E-state index contributed by atoms with van der Waals surface area (Å²) >= 11 is 0. The van der Waals surface area contributed by atoms with Gasteiger partial charge in [0.05, 0.1) is 12.6 Å². The Kier molecular flexibility index (Phi) is 4.76. The van der Waals surface area contributed by atoms with E-state index in [4.69, 9.17) is 0 Å². The minimum absolute atomic E-state index is 0.0168. The number of nitrogens with one attached hydrogen (secondary N) is 2. The van der Waals surface area contributed by atoms with Gasteiger partial charge < -0.3 is 20.1 Å². The first-order chi connectivity index (χ1) is 14.5. The summed E-state index contributed by atoms with van der Waals surface area (Å²) in [4.78, 5) is 33.1. The number of piperidine rings is 1. The van der Waals surface area contributed by atoms with Gasteiger partial charge in [0.2, 0.25) is 6.54 Å². The molecule has 7 heteroatoms. The topological polar surface area (TPSA) is 71.5 Å². The number of aryl methyl sites for hydroxylation is 1. The number of likely N-dealkylation sites (tertiary alicyclic amines) is 1. The molecule has 3 heterocycles. The standard InChI is InChI=1S/C23H29N5O2/c1-15-5-8-20-16(10-15)11-17(25-20)12-24-23(30)28(18-6-7-18)19-4-3-9-27(13-19)22(29)21-14-26(21)2/h5,8,10-11,18-19,21,25H,2-4,6-7,9,12-14H2,1H3/p+1/t19-,21?/m1/s1. The van der Waals surface area contributed by atoms with Gasteiger partial charge in [0.1, 0.15) is 6.72 Å². The fourth-order valence-electron chi connectivity index (χ4n) is 4.65. The lowest BCUT2D eigenvalue weighted by Crippen LogP contribution is -2.55. The molecule has 1 saturated carbocycles. The number of benzene rings is 1. The quantitative estimate of drug-likeness (QED) is 0.588. The van der Waals surface area contributed by atoms with Gasteiger partial charge in [-0.1, -0.05) is 11.6 Å². The van der Waals surface area contributed by atoms with Crippen molar-refractivity contribution >= 4 is 29.6 Å². The molecular weight excluding hydrogens is 378 g/mol. The third-order valence-electron chi connectivity index (χ3n) is 6.54. The largest absolute Gasteiger partial charge is 0.357 e. The Hall–Kier alpha value is -2.83. The number of carbonyl (C=O) groups excluding carboxylic acids is 2. The molecule has 1 unspecified atom stereocenters. The number of aromatic amines is 1. The fraction of sp³-hybridized carbons (Fsp3) is 0.522. The van der Waals surface area contributed by atoms with Crippen molar-refractivity contribution in [3.63, 3.8) is 0 Å². The monoisotopic (exact) mass is 408 g/mol. The maximum absolute atomic E-state index is 13.1. The molecule has 2 aromatic rings. The lowest BCUT2D eigenvalue weighted by Gasteiger charge is -2.39. The van der Waals surface area contributed by atoms with E-state index in [1.54, 1.807) is 0 Å². The molecule has 2 atom stereocenters. The Labute approximate surface area is 176 Å². The average Bonchev–Trinajstić information content (AvgIpc) is 3.65. The number of rotatable bonds is 5. The molecule has 158 valence electrons. The predicted octanol–water partition coefficient (Wildman–Crippen LogP) is 2.24. The van der Waals surface area contributed by atoms with Crippen LogP contribution in [0.2, 0.25) is 0 Å². The van der Waals surface area contributed by atoms with Crippen molar-refractivity contribution in [3.05, 3.63) is 35.5 Å². The molecule has 5 rings (SSSR count). The molecule has 1 aliphatic carbocycles. The van der Waals surface area contributed by atoms with E-state index in [9.17, 15) is 9.59 Å². The Bertz CT molecular complexity index is 1010. The van der Waals surface area contributed by atoms with E-state index in [0.29, 0.717) is 19.1 Å². The molecule has 0 bridgehead atoms. The normalized spacial score (nSPS) is 23.5. The Balaban J connectivity index is 1.24. The van der Waals surface area contributed by atoms with Crippen LogP contribution in [0.1, 0.15) is 36.9 Å². The molecule has 1 aromatic carbocycles. The Morgan fingerprint density at radius 1 is 1.27 bits per heavy atom. The molecule has 0 radical (unpaired) electrons. The van der Waals surface area contributed by atoms with Gasteiger partial charge >= 0.3 is 6.03 Å².